The predicted octanol–water partition coefficient (Wildman–Crippen LogP) is 2.52. The van der Waals surface area contributed by atoms with E-state index >= 15 is 0 Å². The highest BCUT2D eigenvalue weighted by atomic mass is 19.1. The molecule has 2 aliphatic rings. The fraction of sp³-hybridized carbons (Fsp3) is 0.474. The van der Waals surface area contributed by atoms with Gasteiger partial charge in [-0.3, -0.25) is 14.4 Å². The first kappa shape index (κ1) is 16.3. The number of aromatic nitrogens is 2. The summed E-state index contributed by atoms with van der Waals surface area (Å²) >= 11 is 0. The van der Waals surface area contributed by atoms with Crippen molar-refractivity contribution in [3.63, 3.8) is 0 Å². The first-order chi connectivity index (χ1) is 12.0. The van der Waals surface area contributed by atoms with Crippen molar-refractivity contribution in [1.82, 2.24) is 20.0 Å². The van der Waals surface area contributed by atoms with Gasteiger partial charge in [0.15, 0.2) is 0 Å². The molecular weight excluding hydrogens is 319 g/mol. The van der Waals surface area contributed by atoms with E-state index < -0.39 is 0 Å². The molecule has 1 aliphatic heterocycles. The second-order valence-corrected chi connectivity index (χ2v) is 7.22. The van der Waals surface area contributed by atoms with Gasteiger partial charge in [-0.25, -0.2) is 4.39 Å². The molecule has 0 radical (unpaired) electrons. The molecule has 1 aliphatic carbocycles. The van der Waals surface area contributed by atoms with Gasteiger partial charge in [-0.05, 0) is 50.5 Å². The maximum absolute atomic E-state index is 13.3. The average molecular weight is 342 g/mol. The number of halogens is 1. The fourth-order valence-electron chi connectivity index (χ4n) is 3.55. The summed E-state index contributed by atoms with van der Waals surface area (Å²) in [5.41, 5.74) is 2.99. The summed E-state index contributed by atoms with van der Waals surface area (Å²) in [5, 5.41) is 7.64. The molecule has 1 aromatic carbocycles. The highest BCUT2D eigenvalue weighted by molar-refractivity contribution is 5.83. The third-order valence-corrected chi connectivity index (χ3v) is 5.00. The van der Waals surface area contributed by atoms with Gasteiger partial charge in [0.1, 0.15) is 11.9 Å². The van der Waals surface area contributed by atoms with Crippen LogP contribution in [0, 0.1) is 19.7 Å². The number of carbonyl (C=O) groups excluding carboxylic acids is 1. The minimum absolute atomic E-state index is 0.0147. The molecule has 6 heteroatoms. The van der Waals surface area contributed by atoms with Crippen LogP contribution in [0.25, 0.3) is 0 Å². The molecule has 5 nitrogen and oxygen atoms in total. The van der Waals surface area contributed by atoms with Crippen LogP contribution in [-0.4, -0.2) is 39.7 Å². The average Bonchev–Trinajstić information content (AvgIpc) is 3.27. The number of amides is 1. The number of nitrogens with zero attached hydrogens (tertiary/aromatic N) is 3. The van der Waals surface area contributed by atoms with Crippen LogP contribution in [0.3, 0.4) is 0 Å². The second kappa shape index (κ2) is 6.26. The summed E-state index contributed by atoms with van der Waals surface area (Å²) in [6, 6.07) is 8.56. The first-order valence-electron chi connectivity index (χ1n) is 8.84. The van der Waals surface area contributed by atoms with Gasteiger partial charge in [0.05, 0.1) is 11.7 Å². The maximum Gasteiger partial charge on any atom is 0.242 e. The molecule has 25 heavy (non-hydrogen) atoms. The third-order valence-electron chi connectivity index (χ3n) is 5.00. The number of likely N-dealkylation sites (tertiary alicyclic amines) is 1. The van der Waals surface area contributed by atoms with Crippen LogP contribution in [0.4, 0.5) is 4.39 Å². The van der Waals surface area contributed by atoms with E-state index in [1.807, 2.05) is 11.6 Å². The van der Waals surface area contributed by atoms with Gasteiger partial charge in [-0.1, -0.05) is 12.1 Å². The monoisotopic (exact) mass is 342 g/mol. The zero-order valence-electron chi connectivity index (χ0n) is 14.6. The summed E-state index contributed by atoms with van der Waals surface area (Å²) in [6.45, 7) is 5.58. The Morgan fingerprint density at radius 1 is 1.24 bits per heavy atom. The van der Waals surface area contributed by atoms with E-state index in [9.17, 15) is 9.18 Å². The van der Waals surface area contributed by atoms with Crippen molar-refractivity contribution in [1.29, 1.82) is 0 Å². The van der Waals surface area contributed by atoms with Gasteiger partial charge in [-0.2, -0.15) is 5.10 Å². The number of benzene rings is 1. The molecule has 132 valence electrons. The van der Waals surface area contributed by atoms with Crippen LogP contribution in [0.1, 0.15) is 41.9 Å². The van der Waals surface area contributed by atoms with Gasteiger partial charge in [-0.15, -0.1) is 0 Å². The Morgan fingerprint density at radius 2 is 1.92 bits per heavy atom. The number of hydrogen-bond acceptors (Lipinski definition) is 3. The van der Waals surface area contributed by atoms with E-state index in [1.165, 1.54) is 12.1 Å². The van der Waals surface area contributed by atoms with E-state index in [0.29, 0.717) is 6.04 Å². The Hall–Kier alpha value is -2.21. The van der Waals surface area contributed by atoms with E-state index in [2.05, 4.69) is 28.3 Å². The molecular formula is C19H23FN4O. The molecule has 1 N–H and O–H groups in total. The zero-order valence-corrected chi connectivity index (χ0v) is 14.6. The van der Waals surface area contributed by atoms with Crippen molar-refractivity contribution in [2.45, 2.75) is 44.8 Å². The van der Waals surface area contributed by atoms with E-state index in [1.54, 1.807) is 12.1 Å². The highest BCUT2D eigenvalue weighted by Crippen LogP contribution is 2.33. The number of nitrogens with one attached hydrogen (secondary N) is 1. The van der Waals surface area contributed by atoms with E-state index in [0.717, 1.165) is 42.9 Å². The standard InChI is InChI=1S/C19H23FN4O/c1-12-9-13(2)24(22-12)17-10-23(11-17)18(19(25)21-16-7-8-16)14-3-5-15(20)6-4-14/h3-6,9,16-18H,7-8,10-11H2,1-2H3,(H,21,25)/t18-/m0/s1. The van der Waals surface area contributed by atoms with Gasteiger partial charge in [0.25, 0.3) is 0 Å². The lowest BCUT2D eigenvalue weighted by Crippen LogP contribution is -2.53. The number of aryl methyl sites for hydroxylation is 2. The molecule has 1 saturated heterocycles. The lowest BCUT2D eigenvalue weighted by Gasteiger charge is -2.44. The van der Waals surface area contributed by atoms with Crippen molar-refractivity contribution in [3.8, 4) is 0 Å². The molecule has 2 aromatic rings. The SMILES string of the molecule is Cc1cc(C)n(C2CN([C@H](C(=O)NC3CC3)c3ccc(F)cc3)C2)n1. The third kappa shape index (κ3) is 3.31. The molecule has 1 aromatic heterocycles. The Balaban J connectivity index is 1.51. The Kier molecular flexibility index (Phi) is 4.07. The fourth-order valence-corrected chi connectivity index (χ4v) is 3.55. The van der Waals surface area contributed by atoms with Crippen LogP contribution >= 0.6 is 0 Å². The molecule has 0 unspecified atom stereocenters. The molecule has 2 heterocycles. The first-order valence-corrected chi connectivity index (χ1v) is 8.84. The zero-order chi connectivity index (χ0) is 17.6. The lowest BCUT2D eigenvalue weighted by molar-refractivity contribution is -0.129. The minimum Gasteiger partial charge on any atom is -0.352 e. The van der Waals surface area contributed by atoms with Crippen molar-refractivity contribution >= 4 is 5.91 Å². The van der Waals surface area contributed by atoms with Crippen LogP contribution in [0.15, 0.2) is 30.3 Å². The van der Waals surface area contributed by atoms with E-state index in [4.69, 9.17) is 0 Å². The molecule has 0 spiro atoms. The second-order valence-electron chi connectivity index (χ2n) is 7.22. The van der Waals surface area contributed by atoms with Gasteiger partial charge in [0, 0.05) is 24.8 Å². The minimum atomic E-state index is -0.366. The largest absolute Gasteiger partial charge is 0.352 e. The Bertz CT molecular complexity index is 775. The number of carbonyl (C=O) groups is 1. The van der Waals surface area contributed by atoms with Gasteiger partial charge >= 0.3 is 0 Å². The topological polar surface area (TPSA) is 50.2 Å². The van der Waals surface area contributed by atoms with Crippen LogP contribution in [0.2, 0.25) is 0 Å². The van der Waals surface area contributed by atoms with Crippen molar-refractivity contribution in [2.75, 3.05) is 13.1 Å². The number of rotatable bonds is 5. The van der Waals surface area contributed by atoms with Crippen LogP contribution in [-0.2, 0) is 4.79 Å². The van der Waals surface area contributed by atoms with Crippen LogP contribution < -0.4 is 5.32 Å². The Labute approximate surface area is 146 Å². The summed E-state index contributed by atoms with van der Waals surface area (Å²) < 4.78 is 15.3. The summed E-state index contributed by atoms with van der Waals surface area (Å²) in [6.07, 6.45) is 2.10. The smallest absolute Gasteiger partial charge is 0.242 e. The quantitative estimate of drug-likeness (QED) is 0.908. The van der Waals surface area contributed by atoms with Crippen LogP contribution in [0.5, 0.6) is 0 Å². The van der Waals surface area contributed by atoms with E-state index in [-0.39, 0.29) is 23.8 Å². The normalized spacial score (nSPS) is 19.5. The van der Waals surface area contributed by atoms with Crippen molar-refractivity contribution < 1.29 is 9.18 Å². The molecule has 2 fully saturated rings. The molecule has 4 rings (SSSR count). The predicted molar refractivity (Wildman–Crippen MR) is 92.6 cm³/mol. The van der Waals surface area contributed by atoms with Crippen molar-refractivity contribution in [2.24, 2.45) is 0 Å². The maximum atomic E-state index is 13.3. The molecule has 1 saturated carbocycles. The molecule has 0 bridgehead atoms. The molecule has 1 atom stereocenters. The Morgan fingerprint density at radius 3 is 2.48 bits per heavy atom. The summed E-state index contributed by atoms with van der Waals surface area (Å²) in [4.78, 5) is 14.9. The molecule has 1 amide bonds. The van der Waals surface area contributed by atoms with Gasteiger partial charge in [0.2, 0.25) is 5.91 Å². The summed E-state index contributed by atoms with van der Waals surface area (Å²) in [5.74, 6) is -0.268. The van der Waals surface area contributed by atoms with Gasteiger partial charge < -0.3 is 5.32 Å². The number of hydrogen-bond donors (Lipinski definition) is 1. The van der Waals surface area contributed by atoms with Crippen molar-refractivity contribution in [3.05, 3.63) is 53.1 Å². The highest BCUT2D eigenvalue weighted by Gasteiger charge is 2.40. The summed E-state index contributed by atoms with van der Waals surface area (Å²) in [7, 11) is 0. The lowest BCUT2D eigenvalue weighted by atomic mass is 9.98.